The SMILES string of the molecule is CC1(C)O[C@@H]2[C@@H](CCc3ccc4cc(C(F)(F)F)c(N)nc4c3)C[C@@H](n3ccc4c(Cl)ncnc43)[C@@H]2O1. The summed E-state index contributed by atoms with van der Waals surface area (Å²) in [5.41, 5.74) is 6.87. The normalized spacial score (nSPS) is 25.2. The largest absolute Gasteiger partial charge is 0.419 e. The molecule has 0 unspecified atom stereocenters. The zero-order chi connectivity index (χ0) is 26.1. The van der Waals surface area contributed by atoms with Crippen molar-refractivity contribution >= 4 is 39.4 Å². The molecule has 0 spiro atoms. The molecule has 11 heteroatoms. The summed E-state index contributed by atoms with van der Waals surface area (Å²) in [6, 6.07) is 8.30. The molecule has 1 aliphatic carbocycles. The summed E-state index contributed by atoms with van der Waals surface area (Å²) in [5, 5.41) is 1.60. The Hall–Kier alpha value is -2.95. The highest BCUT2D eigenvalue weighted by Crippen LogP contribution is 2.49. The zero-order valence-corrected chi connectivity index (χ0v) is 20.9. The van der Waals surface area contributed by atoms with Crippen molar-refractivity contribution in [3.63, 3.8) is 0 Å². The molecule has 194 valence electrons. The summed E-state index contributed by atoms with van der Waals surface area (Å²) >= 11 is 6.27. The van der Waals surface area contributed by atoms with Crippen LogP contribution in [0.5, 0.6) is 0 Å². The molecule has 6 rings (SSSR count). The minimum Gasteiger partial charge on any atom is -0.383 e. The van der Waals surface area contributed by atoms with Crippen LogP contribution in [0.2, 0.25) is 5.15 Å². The van der Waals surface area contributed by atoms with Crippen LogP contribution in [0.15, 0.2) is 42.9 Å². The summed E-state index contributed by atoms with van der Waals surface area (Å²) < 4.78 is 54.4. The van der Waals surface area contributed by atoms with E-state index in [-0.39, 0.29) is 24.2 Å². The van der Waals surface area contributed by atoms with Gasteiger partial charge in [0.05, 0.1) is 28.6 Å². The van der Waals surface area contributed by atoms with Crippen LogP contribution in [0.1, 0.15) is 43.9 Å². The third-order valence-corrected chi connectivity index (χ3v) is 7.69. The molecule has 1 saturated carbocycles. The molecule has 2 fully saturated rings. The number of fused-ring (bicyclic) bond motifs is 3. The topological polar surface area (TPSA) is 88.1 Å². The van der Waals surface area contributed by atoms with Gasteiger partial charge in [0.1, 0.15) is 29.0 Å². The average molecular weight is 532 g/mol. The van der Waals surface area contributed by atoms with E-state index in [2.05, 4.69) is 19.5 Å². The number of hydrogen-bond acceptors (Lipinski definition) is 6. The van der Waals surface area contributed by atoms with Crippen LogP contribution < -0.4 is 5.73 Å². The maximum Gasteiger partial charge on any atom is 0.419 e. The van der Waals surface area contributed by atoms with E-state index in [1.165, 1.54) is 6.33 Å². The number of benzene rings is 1. The van der Waals surface area contributed by atoms with Gasteiger partial charge in [-0.1, -0.05) is 23.7 Å². The Labute approximate surface area is 215 Å². The van der Waals surface area contributed by atoms with Gasteiger partial charge in [0.25, 0.3) is 0 Å². The van der Waals surface area contributed by atoms with E-state index < -0.39 is 23.3 Å². The number of nitrogens with two attached hydrogens (primary N) is 1. The highest BCUT2D eigenvalue weighted by molar-refractivity contribution is 6.33. The lowest BCUT2D eigenvalue weighted by atomic mass is 9.95. The first-order valence-electron chi connectivity index (χ1n) is 12.1. The monoisotopic (exact) mass is 531 g/mol. The maximum atomic E-state index is 13.2. The second-order valence-electron chi connectivity index (χ2n) is 10.2. The second-order valence-corrected chi connectivity index (χ2v) is 10.6. The summed E-state index contributed by atoms with van der Waals surface area (Å²) in [7, 11) is 0. The molecular weight excluding hydrogens is 507 g/mol. The lowest BCUT2D eigenvalue weighted by Crippen LogP contribution is -2.27. The number of pyridine rings is 1. The maximum absolute atomic E-state index is 13.2. The quantitative estimate of drug-likeness (QED) is 0.327. The van der Waals surface area contributed by atoms with Crippen LogP contribution in [0, 0.1) is 5.92 Å². The van der Waals surface area contributed by atoms with Gasteiger partial charge in [-0.2, -0.15) is 13.2 Å². The van der Waals surface area contributed by atoms with Crippen molar-refractivity contribution in [2.24, 2.45) is 5.92 Å². The molecule has 0 radical (unpaired) electrons. The molecule has 3 aromatic heterocycles. The number of aryl methyl sites for hydroxylation is 1. The predicted molar refractivity (Wildman–Crippen MR) is 133 cm³/mol. The number of nitrogens with zero attached hydrogens (tertiary/aromatic N) is 4. The Kier molecular flexibility index (Phi) is 5.63. The molecule has 4 atom stereocenters. The Morgan fingerprint density at radius 3 is 2.70 bits per heavy atom. The third kappa shape index (κ3) is 4.30. The molecule has 4 aromatic rings. The van der Waals surface area contributed by atoms with E-state index in [1.54, 1.807) is 6.07 Å². The van der Waals surface area contributed by atoms with Gasteiger partial charge in [-0.15, -0.1) is 0 Å². The summed E-state index contributed by atoms with van der Waals surface area (Å²) in [6.07, 6.45) is 0.986. The van der Waals surface area contributed by atoms with Crippen molar-refractivity contribution in [1.29, 1.82) is 0 Å². The highest BCUT2D eigenvalue weighted by atomic mass is 35.5. The second kappa shape index (κ2) is 8.54. The van der Waals surface area contributed by atoms with Crippen molar-refractivity contribution in [3.05, 3.63) is 59.1 Å². The third-order valence-electron chi connectivity index (χ3n) is 7.39. The smallest absolute Gasteiger partial charge is 0.383 e. The fourth-order valence-corrected chi connectivity index (χ4v) is 5.97. The number of rotatable bonds is 4. The summed E-state index contributed by atoms with van der Waals surface area (Å²) in [5.74, 6) is -1.02. The lowest BCUT2D eigenvalue weighted by molar-refractivity contribution is -0.160. The van der Waals surface area contributed by atoms with Crippen molar-refractivity contribution in [2.45, 2.75) is 63.3 Å². The number of alkyl halides is 3. The average Bonchev–Trinajstić information content (AvgIpc) is 3.48. The number of anilines is 1. The molecule has 2 aliphatic rings. The van der Waals surface area contributed by atoms with E-state index in [0.29, 0.717) is 22.5 Å². The van der Waals surface area contributed by atoms with Crippen molar-refractivity contribution in [2.75, 3.05) is 5.73 Å². The number of ether oxygens (including phenoxy) is 2. The van der Waals surface area contributed by atoms with Crippen LogP contribution >= 0.6 is 11.6 Å². The fraction of sp³-hybridized carbons (Fsp3) is 0.423. The van der Waals surface area contributed by atoms with Gasteiger partial charge in [0, 0.05) is 11.6 Å². The van der Waals surface area contributed by atoms with Gasteiger partial charge in [0.2, 0.25) is 0 Å². The van der Waals surface area contributed by atoms with Gasteiger partial charge in [-0.25, -0.2) is 15.0 Å². The van der Waals surface area contributed by atoms with Gasteiger partial charge in [0.15, 0.2) is 5.79 Å². The zero-order valence-electron chi connectivity index (χ0n) is 20.2. The van der Waals surface area contributed by atoms with Crippen molar-refractivity contribution in [3.8, 4) is 0 Å². The molecule has 0 bridgehead atoms. The first-order chi connectivity index (χ1) is 17.5. The Bertz CT molecular complexity index is 1510. The van der Waals surface area contributed by atoms with Crippen molar-refractivity contribution < 1.29 is 22.6 Å². The highest BCUT2D eigenvalue weighted by Gasteiger charge is 2.54. The van der Waals surface area contributed by atoms with E-state index in [0.717, 1.165) is 35.5 Å². The first kappa shape index (κ1) is 24.4. The van der Waals surface area contributed by atoms with E-state index in [9.17, 15) is 13.2 Å². The first-order valence-corrected chi connectivity index (χ1v) is 12.5. The Balaban J connectivity index is 1.25. The van der Waals surface area contributed by atoms with Gasteiger partial charge in [-0.3, -0.25) is 0 Å². The molecule has 2 N–H and O–H groups in total. The Morgan fingerprint density at radius 2 is 1.92 bits per heavy atom. The molecule has 0 amide bonds. The van der Waals surface area contributed by atoms with Crippen LogP contribution in [0.3, 0.4) is 0 Å². The van der Waals surface area contributed by atoms with Gasteiger partial charge < -0.3 is 19.8 Å². The number of hydrogen-bond donors (Lipinski definition) is 1. The molecule has 1 saturated heterocycles. The van der Waals surface area contributed by atoms with Crippen LogP contribution in [-0.4, -0.2) is 37.5 Å². The lowest BCUT2D eigenvalue weighted by Gasteiger charge is -2.24. The number of nitrogen functional groups attached to an aromatic ring is 1. The van der Waals surface area contributed by atoms with E-state index in [4.69, 9.17) is 26.8 Å². The fourth-order valence-electron chi connectivity index (χ4n) is 5.78. The summed E-state index contributed by atoms with van der Waals surface area (Å²) in [6.45, 7) is 3.84. The van der Waals surface area contributed by atoms with Crippen molar-refractivity contribution in [1.82, 2.24) is 19.5 Å². The molecule has 7 nitrogen and oxygen atoms in total. The number of halogens is 4. The molecule has 1 aromatic carbocycles. The van der Waals surface area contributed by atoms with E-state index >= 15 is 0 Å². The standard InChI is InChI=1S/C26H25ClF3N5O2/c1-25(2)36-20-15(11-19(21(20)37-25)35-8-7-16-22(27)32-12-33-24(16)35)6-4-13-3-5-14-10-17(26(28,29)30)23(31)34-18(14)9-13/h3,5,7-10,12,15,19-21H,4,6,11H2,1-2H3,(H2,31,34)/t15-,19+,20+,21-/m0/s1. The molecular formula is C26H25ClF3N5O2. The van der Waals surface area contributed by atoms with Crippen LogP contribution in [0.25, 0.3) is 21.9 Å². The minimum absolute atomic E-state index is 0.0131. The van der Waals surface area contributed by atoms with Crippen LogP contribution in [-0.2, 0) is 22.1 Å². The predicted octanol–water partition coefficient (Wildman–Crippen LogP) is 5.95. The van der Waals surface area contributed by atoms with Gasteiger partial charge in [-0.05, 0) is 62.8 Å². The van der Waals surface area contributed by atoms with E-state index in [1.807, 2.05) is 38.2 Å². The molecule has 37 heavy (non-hydrogen) atoms. The van der Waals surface area contributed by atoms with Gasteiger partial charge >= 0.3 is 6.18 Å². The summed E-state index contributed by atoms with van der Waals surface area (Å²) in [4.78, 5) is 12.6. The molecule has 4 heterocycles. The Morgan fingerprint density at radius 1 is 1.14 bits per heavy atom. The van der Waals surface area contributed by atoms with Crippen LogP contribution in [0.4, 0.5) is 19.0 Å². The minimum atomic E-state index is -4.54. The molecule has 1 aliphatic heterocycles. The number of aromatic nitrogens is 4.